The Bertz CT molecular complexity index is 975. The van der Waals surface area contributed by atoms with Crippen LogP contribution in [0.5, 0.6) is 0 Å². The van der Waals surface area contributed by atoms with E-state index in [2.05, 4.69) is 32.3 Å². The van der Waals surface area contributed by atoms with Crippen LogP contribution < -0.4 is 9.80 Å². The van der Waals surface area contributed by atoms with E-state index in [4.69, 9.17) is 0 Å². The number of halogens is 2. The van der Waals surface area contributed by atoms with E-state index in [1.54, 1.807) is 0 Å². The van der Waals surface area contributed by atoms with E-state index in [1.807, 2.05) is 4.90 Å². The molecule has 1 aromatic heterocycles. The Hall–Kier alpha value is -2.22. The summed E-state index contributed by atoms with van der Waals surface area (Å²) in [6.07, 6.45) is 7.46. The maximum absolute atomic E-state index is 14.3. The molecule has 6 nitrogen and oxygen atoms in total. The van der Waals surface area contributed by atoms with Crippen LogP contribution in [0.2, 0.25) is 0 Å². The summed E-state index contributed by atoms with van der Waals surface area (Å²) in [6.45, 7) is 8.58. The Balaban J connectivity index is 1.25. The molecular formula is C27H37F2N5O. The van der Waals surface area contributed by atoms with Crippen LogP contribution in [0.4, 0.5) is 20.3 Å². The highest BCUT2D eigenvalue weighted by molar-refractivity contribution is 5.87. The highest BCUT2D eigenvalue weighted by atomic mass is 19.3. The smallest absolute Gasteiger partial charge is 0.280 e. The number of carbonyl (C=O) groups is 1. The molecule has 1 amide bonds. The Labute approximate surface area is 206 Å². The number of rotatable bonds is 5. The summed E-state index contributed by atoms with van der Waals surface area (Å²) >= 11 is 0. The molecule has 0 aromatic carbocycles. The summed E-state index contributed by atoms with van der Waals surface area (Å²) < 4.78 is 28.6. The summed E-state index contributed by atoms with van der Waals surface area (Å²) in [5.41, 5.74) is 1.79. The Morgan fingerprint density at radius 2 is 1.74 bits per heavy atom. The second kappa shape index (κ2) is 9.34. The highest BCUT2D eigenvalue weighted by Gasteiger charge is 2.46. The molecule has 0 N–H and O–H groups in total. The van der Waals surface area contributed by atoms with Crippen molar-refractivity contribution in [3.63, 3.8) is 0 Å². The summed E-state index contributed by atoms with van der Waals surface area (Å²) in [5.74, 6) is 1.49. The number of carbonyl (C=O) groups excluding carboxylic acids is 1. The molecule has 0 radical (unpaired) electrons. The third-order valence-electron chi connectivity index (χ3n) is 9.07. The number of fused-ring (bicyclic) bond motifs is 3. The predicted octanol–water partition coefficient (Wildman–Crippen LogP) is 4.01. The Morgan fingerprint density at radius 3 is 2.46 bits per heavy atom. The van der Waals surface area contributed by atoms with Crippen molar-refractivity contribution in [3.05, 3.63) is 30.0 Å². The fourth-order valence-electron chi connectivity index (χ4n) is 7.02. The fraction of sp³-hybridized carbons (Fsp3) is 0.704. The molecule has 4 fully saturated rings. The zero-order valence-corrected chi connectivity index (χ0v) is 20.5. The standard InChI is InChI=1S/C27H37F2N5O/c1-2-25(35)32-14-12-31(13-15-32)23-17-34-21(23)8-5-6-19-22(34)16-24(30-26(19)27(28)29)33-11-4-3-7-20(33)18-9-10-18/h2,16,18,20-21,23,27H,1,3-15,17H2. The number of hydrogen-bond donors (Lipinski definition) is 0. The van der Waals surface area contributed by atoms with Gasteiger partial charge in [-0.3, -0.25) is 9.69 Å². The minimum absolute atomic E-state index is 0.00468. The van der Waals surface area contributed by atoms with Crippen LogP contribution in [0, 0.1) is 5.92 Å². The summed E-state index contributed by atoms with van der Waals surface area (Å²) in [6, 6.07) is 3.37. The molecule has 1 saturated carbocycles. The van der Waals surface area contributed by atoms with Crippen molar-refractivity contribution in [3.8, 4) is 0 Å². The van der Waals surface area contributed by atoms with Crippen LogP contribution >= 0.6 is 0 Å². The van der Waals surface area contributed by atoms with Gasteiger partial charge >= 0.3 is 0 Å². The number of piperidine rings is 1. The van der Waals surface area contributed by atoms with Gasteiger partial charge in [-0.1, -0.05) is 6.58 Å². The Morgan fingerprint density at radius 1 is 0.971 bits per heavy atom. The van der Waals surface area contributed by atoms with Crippen LogP contribution in [0.25, 0.3) is 0 Å². The van der Waals surface area contributed by atoms with Crippen molar-refractivity contribution in [2.75, 3.05) is 49.1 Å². The quantitative estimate of drug-likeness (QED) is 0.590. The minimum atomic E-state index is -2.54. The molecule has 5 aliphatic rings. The maximum Gasteiger partial charge on any atom is 0.280 e. The SMILES string of the molecule is C=CC(=O)N1CCN(C2CN3c4cc(N5CCCCC5C5CC5)nc(C(F)F)c4CCCC23)CC1. The van der Waals surface area contributed by atoms with E-state index in [-0.39, 0.29) is 11.6 Å². The molecule has 1 aliphatic carbocycles. The second-order valence-electron chi connectivity index (χ2n) is 11.0. The molecule has 190 valence electrons. The van der Waals surface area contributed by atoms with E-state index < -0.39 is 6.43 Å². The van der Waals surface area contributed by atoms with Gasteiger partial charge in [0.2, 0.25) is 5.91 Å². The fourth-order valence-corrected chi connectivity index (χ4v) is 7.02. The first kappa shape index (κ1) is 23.2. The lowest BCUT2D eigenvalue weighted by Gasteiger charge is -2.55. The first-order chi connectivity index (χ1) is 17.0. The molecule has 3 unspecified atom stereocenters. The molecule has 5 heterocycles. The van der Waals surface area contributed by atoms with Crippen LogP contribution in [0.15, 0.2) is 18.7 Å². The van der Waals surface area contributed by atoms with Gasteiger partial charge in [0.15, 0.2) is 0 Å². The van der Waals surface area contributed by atoms with Crippen molar-refractivity contribution in [1.82, 2.24) is 14.8 Å². The van der Waals surface area contributed by atoms with Crippen molar-refractivity contribution in [2.45, 2.75) is 75.9 Å². The number of nitrogens with zero attached hydrogens (tertiary/aromatic N) is 5. The summed E-state index contributed by atoms with van der Waals surface area (Å²) in [7, 11) is 0. The third kappa shape index (κ3) is 4.21. The van der Waals surface area contributed by atoms with Crippen molar-refractivity contribution in [1.29, 1.82) is 0 Å². The third-order valence-corrected chi connectivity index (χ3v) is 9.07. The Kier molecular flexibility index (Phi) is 6.19. The van der Waals surface area contributed by atoms with Crippen LogP contribution in [-0.4, -0.2) is 78.1 Å². The average molecular weight is 486 g/mol. The predicted molar refractivity (Wildman–Crippen MR) is 133 cm³/mol. The van der Waals surface area contributed by atoms with Gasteiger partial charge in [-0.25, -0.2) is 13.8 Å². The van der Waals surface area contributed by atoms with Gasteiger partial charge in [0.1, 0.15) is 11.5 Å². The maximum atomic E-state index is 14.3. The van der Waals surface area contributed by atoms with Crippen LogP contribution in [-0.2, 0) is 11.2 Å². The number of pyridine rings is 1. The number of aromatic nitrogens is 1. The molecule has 8 heteroatoms. The van der Waals surface area contributed by atoms with Gasteiger partial charge in [0, 0.05) is 74.7 Å². The van der Waals surface area contributed by atoms with Crippen LogP contribution in [0.3, 0.4) is 0 Å². The first-order valence-electron chi connectivity index (χ1n) is 13.6. The van der Waals surface area contributed by atoms with E-state index in [1.165, 1.54) is 25.3 Å². The van der Waals surface area contributed by atoms with Gasteiger partial charge in [0.25, 0.3) is 6.43 Å². The van der Waals surface area contributed by atoms with E-state index >= 15 is 0 Å². The number of alkyl halides is 2. The summed E-state index contributed by atoms with van der Waals surface area (Å²) in [5, 5.41) is 0. The normalized spacial score (nSPS) is 29.3. The van der Waals surface area contributed by atoms with Gasteiger partial charge in [-0.15, -0.1) is 0 Å². The molecule has 3 saturated heterocycles. The number of amides is 1. The molecule has 3 atom stereocenters. The van der Waals surface area contributed by atoms with Crippen LogP contribution in [0.1, 0.15) is 62.6 Å². The zero-order chi connectivity index (χ0) is 24.1. The first-order valence-corrected chi connectivity index (χ1v) is 13.6. The minimum Gasteiger partial charge on any atom is -0.365 e. The van der Waals surface area contributed by atoms with Crippen molar-refractivity contribution < 1.29 is 13.6 Å². The largest absolute Gasteiger partial charge is 0.365 e. The summed E-state index contributed by atoms with van der Waals surface area (Å²) in [4.78, 5) is 25.7. The molecule has 4 aliphatic heterocycles. The van der Waals surface area contributed by atoms with Gasteiger partial charge < -0.3 is 14.7 Å². The van der Waals surface area contributed by atoms with Crippen molar-refractivity contribution >= 4 is 17.4 Å². The number of anilines is 2. The molecular weight excluding hydrogens is 448 g/mol. The molecule has 6 rings (SSSR count). The lowest BCUT2D eigenvalue weighted by Crippen LogP contribution is -2.69. The van der Waals surface area contributed by atoms with E-state index in [9.17, 15) is 13.6 Å². The highest BCUT2D eigenvalue weighted by Crippen LogP contribution is 2.45. The molecule has 0 bridgehead atoms. The molecule has 1 aromatic rings. The zero-order valence-electron chi connectivity index (χ0n) is 20.5. The molecule has 0 spiro atoms. The van der Waals surface area contributed by atoms with Gasteiger partial charge in [-0.2, -0.15) is 0 Å². The lowest BCUT2D eigenvalue weighted by molar-refractivity contribution is -0.128. The van der Waals surface area contributed by atoms with Crippen molar-refractivity contribution in [2.24, 2.45) is 5.92 Å². The van der Waals surface area contributed by atoms with Gasteiger partial charge in [-0.05, 0) is 63.4 Å². The second-order valence-corrected chi connectivity index (χ2v) is 11.0. The molecule has 35 heavy (non-hydrogen) atoms. The average Bonchev–Trinajstić information content (AvgIpc) is 3.72. The number of hydrogen-bond acceptors (Lipinski definition) is 5. The topological polar surface area (TPSA) is 42.9 Å². The number of piperazine rings is 1. The monoisotopic (exact) mass is 485 g/mol. The van der Waals surface area contributed by atoms with E-state index in [0.717, 1.165) is 82.0 Å². The lowest BCUT2D eigenvalue weighted by atomic mass is 9.90. The van der Waals surface area contributed by atoms with Gasteiger partial charge in [0.05, 0.1) is 0 Å². The van der Waals surface area contributed by atoms with E-state index in [0.29, 0.717) is 30.5 Å².